The van der Waals surface area contributed by atoms with Crippen molar-refractivity contribution in [2.75, 3.05) is 5.32 Å². The lowest BCUT2D eigenvalue weighted by Gasteiger charge is -2.06. The second-order valence-electron chi connectivity index (χ2n) is 5.39. The zero-order valence-electron chi connectivity index (χ0n) is 13.1. The Labute approximate surface area is 152 Å². The van der Waals surface area contributed by atoms with Gasteiger partial charge in [-0.1, -0.05) is 29.0 Å². The van der Waals surface area contributed by atoms with Crippen LogP contribution in [-0.2, 0) is 0 Å². The highest BCUT2D eigenvalue weighted by atomic mass is 35.5. The van der Waals surface area contributed by atoms with E-state index in [2.05, 4.69) is 20.6 Å². The van der Waals surface area contributed by atoms with Gasteiger partial charge in [-0.05, 0) is 49.4 Å². The molecule has 124 valence electrons. The van der Waals surface area contributed by atoms with Crippen molar-refractivity contribution in [1.29, 1.82) is 0 Å². The number of nitrogens with zero attached hydrogens (tertiary/aromatic N) is 4. The lowest BCUT2D eigenvalue weighted by molar-refractivity contribution is 0.102. The predicted octanol–water partition coefficient (Wildman–Crippen LogP) is 4.07. The van der Waals surface area contributed by atoms with E-state index in [0.717, 1.165) is 21.4 Å². The molecule has 0 radical (unpaired) electrons. The van der Waals surface area contributed by atoms with E-state index in [0.29, 0.717) is 16.3 Å². The van der Waals surface area contributed by atoms with Crippen LogP contribution in [0, 0.1) is 6.92 Å². The molecular formula is C17H12ClN5OS. The number of aromatic nitrogens is 4. The topological polar surface area (TPSA) is 72.2 Å². The lowest BCUT2D eigenvalue weighted by atomic mass is 10.2. The van der Waals surface area contributed by atoms with Gasteiger partial charge in [-0.15, -0.1) is 10.2 Å². The third-order valence-electron chi connectivity index (χ3n) is 3.62. The highest BCUT2D eigenvalue weighted by Crippen LogP contribution is 2.26. The molecule has 0 atom stereocenters. The molecular weight excluding hydrogens is 358 g/mol. The van der Waals surface area contributed by atoms with Gasteiger partial charge in [0.1, 0.15) is 5.01 Å². The standard InChI is InChI=1S/C17H12ClN5OS/c1-10-20-21-17-23(10)22-16(25-17)11-5-7-14(8-6-11)19-15(24)12-3-2-4-13(18)9-12/h2-9H,1H3,(H,19,24). The van der Waals surface area contributed by atoms with Gasteiger partial charge in [-0.2, -0.15) is 9.61 Å². The van der Waals surface area contributed by atoms with Crippen LogP contribution in [0.4, 0.5) is 5.69 Å². The molecule has 0 aliphatic rings. The minimum Gasteiger partial charge on any atom is -0.322 e. The molecule has 6 nitrogen and oxygen atoms in total. The van der Waals surface area contributed by atoms with E-state index in [1.807, 2.05) is 31.2 Å². The first-order chi connectivity index (χ1) is 12.1. The average Bonchev–Trinajstić information content (AvgIpc) is 3.18. The van der Waals surface area contributed by atoms with Crippen LogP contribution < -0.4 is 5.32 Å². The Morgan fingerprint density at radius 1 is 1.16 bits per heavy atom. The SMILES string of the molecule is Cc1nnc2sc(-c3ccc(NC(=O)c4cccc(Cl)c4)cc3)nn12. The molecule has 2 aromatic heterocycles. The van der Waals surface area contributed by atoms with Crippen LogP contribution in [0.3, 0.4) is 0 Å². The summed E-state index contributed by atoms with van der Waals surface area (Å²) in [5.74, 6) is 0.549. The maximum absolute atomic E-state index is 12.2. The summed E-state index contributed by atoms with van der Waals surface area (Å²) in [5, 5.41) is 16.8. The number of hydrogen-bond donors (Lipinski definition) is 1. The summed E-state index contributed by atoms with van der Waals surface area (Å²) in [6.45, 7) is 1.86. The van der Waals surface area contributed by atoms with Crippen molar-refractivity contribution in [3.05, 3.63) is 64.9 Å². The Balaban J connectivity index is 1.54. The van der Waals surface area contributed by atoms with Gasteiger partial charge >= 0.3 is 0 Å². The first-order valence-corrected chi connectivity index (χ1v) is 8.66. The van der Waals surface area contributed by atoms with Crippen LogP contribution in [0.15, 0.2) is 48.5 Å². The summed E-state index contributed by atoms with van der Waals surface area (Å²) in [6, 6.07) is 14.3. The van der Waals surface area contributed by atoms with Crippen molar-refractivity contribution in [2.45, 2.75) is 6.92 Å². The highest BCUT2D eigenvalue weighted by molar-refractivity contribution is 7.19. The number of carbonyl (C=O) groups is 1. The van der Waals surface area contributed by atoms with E-state index in [4.69, 9.17) is 11.6 Å². The van der Waals surface area contributed by atoms with E-state index in [9.17, 15) is 4.79 Å². The normalized spacial score (nSPS) is 11.0. The van der Waals surface area contributed by atoms with Crippen LogP contribution in [-0.4, -0.2) is 25.7 Å². The smallest absolute Gasteiger partial charge is 0.255 e. The number of anilines is 1. The van der Waals surface area contributed by atoms with Crippen molar-refractivity contribution >= 4 is 39.5 Å². The van der Waals surface area contributed by atoms with E-state index in [1.165, 1.54) is 11.3 Å². The van der Waals surface area contributed by atoms with Gasteiger partial charge in [0.15, 0.2) is 5.82 Å². The largest absolute Gasteiger partial charge is 0.322 e. The number of aryl methyl sites for hydroxylation is 1. The molecule has 0 spiro atoms. The quantitative estimate of drug-likeness (QED) is 0.591. The molecule has 2 heterocycles. The molecule has 0 fully saturated rings. The fourth-order valence-electron chi connectivity index (χ4n) is 2.36. The molecule has 1 N–H and O–H groups in total. The summed E-state index contributed by atoms with van der Waals surface area (Å²) < 4.78 is 1.72. The van der Waals surface area contributed by atoms with Crippen molar-refractivity contribution in [1.82, 2.24) is 19.8 Å². The van der Waals surface area contributed by atoms with Crippen molar-refractivity contribution in [2.24, 2.45) is 0 Å². The summed E-state index contributed by atoms with van der Waals surface area (Å²) in [6.07, 6.45) is 0. The third-order valence-corrected chi connectivity index (χ3v) is 4.81. The Kier molecular flexibility index (Phi) is 3.95. The van der Waals surface area contributed by atoms with Crippen LogP contribution in [0.25, 0.3) is 15.5 Å². The first-order valence-electron chi connectivity index (χ1n) is 7.46. The minimum atomic E-state index is -0.204. The molecule has 25 heavy (non-hydrogen) atoms. The van der Waals surface area contributed by atoms with Gasteiger partial charge < -0.3 is 5.32 Å². The molecule has 4 rings (SSSR count). The highest BCUT2D eigenvalue weighted by Gasteiger charge is 2.11. The van der Waals surface area contributed by atoms with Crippen LogP contribution in [0.1, 0.15) is 16.2 Å². The number of rotatable bonds is 3. The van der Waals surface area contributed by atoms with E-state index in [-0.39, 0.29) is 5.91 Å². The molecule has 0 unspecified atom stereocenters. The van der Waals surface area contributed by atoms with E-state index >= 15 is 0 Å². The average molecular weight is 370 g/mol. The zero-order chi connectivity index (χ0) is 17.4. The first kappa shape index (κ1) is 15.7. The number of benzene rings is 2. The van der Waals surface area contributed by atoms with Crippen LogP contribution >= 0.6 is 22.9 Å². The molecule has 0 saturated heterocycles. The Morgan fingerprint density at radius 2 is 1.96 bits per heavy atom. The molecule has 0 saturated carbocycles. The van der Waals surface area contributed by atoms with Gasteiger partial charge in [0.05, 0.1) is 0 Å². The molecule has 4 aromatic rings. The van der Waals surface area contributed by atoms with Crippen LogP contribution in [0.5, 0.6) is 0 Å². The van der Waals surface area contributed by atoms with Gasteiger partial charge in [0, 0.05) is 21.8 Å². The lowest BCUT2D eigenvalue weighted by Crippen LogP contribution is -2.11. The van der Waals surface area contributed by atoms with Crippen molar-refractivity contribution in [3.8, 4) is 10.6 Å². The Hall–Kier alpha value is -2.77. The second-order valence-corrected chi connectivity index (χ2v) is 6.78. The number of hydrogen-bond acceptors (Lipinski definition) is 5. The van der Waals surface area contributed by atoms with Gasteiger partial charge in [0.2, 0.25) is 4.96 Å². The number of fused-ring (bicyclic) bond motifs is 1. The van der Waals surface area contributed by atoms with Crippen molar-refractivity contribution < 1.29 is 4.79 Å². The zero-order valence-corrected chi connectivity index (χ0v) is 14.7. The summed E-state index contributed by atoms with van der Waals surface area (Å²) in [7, 11) is 0. The maximum atomic E-state index is 12.2. The van der Waals surface area contributed by atoms with Gasteiger partial charge in [0.25, 0.3) is 5.91 Å². The molecule has 0 aliphatic heterocycles. The van der Waals surface area contributed by atoms with E-state index in [1.54, 1.807) is 28.8 Å². The molecule has 8 heteroatoms. The van der Waals surface area contributed by atoms with Crippen molar-refractivity contribution in [3.63, 3.8) is 0 Å². The summed E-state index contributed by atoms with van der Waals surface area (Å²) in [4.78, 5) is 13.0. The number of nitrogens with one attached hydrogen (secondary N) is 1. The molecule has 2 aromatic carbocycles. The monoisotopic (exact) mass is 369 g/mol. The summed E-state index contributed by atoms with van der Waals surface area (Å²) >= 11 is 7.38. The van der Waals surface area contributed by atoms with Gasteiger partial charge in [-0.25, -0.2) is 0 Å². The Bertz CT molecular complexity index is 1070. The second kappa shape index (κ2) is 6.27. The number of carbonyl (C=O) groups excluding carboxylic acids is 1. The fraction of sp³-hybridized carbons (Fsp3) is 0.0588. The van der Waals surface area contributed by atoms with Crippen LogP contribution in [0.2, 0.25) is 5.02 Å². The predicted molar refractivity (Wildman–Crippen MR) is 98.2 cm³/mol. The molecule has 1 amide bonds. The maximum Gasteiger partial charge on any atom is 0.255 e. The minimum absolute atomic E-state index is 0.204. The number of amides is 1. The molecule has 0 aliphatic carbocycles. The molecule has 0 bridgehead atoms. The summed E-state index contributed by atoms with van der Waals surface area (Å²) in [5.41, 5.74) is 2.17. The van der Waals surface area contributed by atoms with Gasteiger partial charge in [-0.3, -0.25) is 4.79 Å². The third kappa shape index (κ3) is 3.11. The number of halogens is 1. The fourth-order valence-corrected chi connectivity index (χ4v) is 3.44. The van der Waals surface area contributed by atoms with E-state index < -0.39 is 0 Å². The Morgan fingerprint density at radius 3 is 2.68 bits per heavy atom.